The van der Waals surface area contributed by atoms with E-state index in [4.69, 9.17) is 21.1 Å². The highest BCUT2D eigenvalue weighted by molar-refractivity contribution is 6.29. The normalized spacial score (nSPS) is 14.8. The Kier molecular flexibility index (Phi) is 2.87. The van der Waals surface area contributed by atoms with E-state index in [0.29, 0.717) is 0 Å². The van der Waals surface area contributed by atoms with Gasteiger partial charge in [-0.15, -0.1) is 0 Å². The lowest BCUT2D eigenvalue weighted by molar-refractivity contribution is -0.137. The third-order valence-electron chi connectivity index (χ3n) is 2.34. The van der Waals surface area contributed by atoms with E-state index >= 15 is 0 Å². The summed E-state index contributed by atoms with van der Waals surface area (Å²) >= 11 is 5.56. The summed E-state index contributed by atoms with van der Waals surface area (Å²) in [6.45, 7) is -0.304. The summed E-state index contributed by atoms with van der Waals surface area (Å²) < 4.78 is 4.97. The van der Waals surface area contributed by atoms with Crippen LogP contribution in [0.2, 0.25) is 5.22 Å². The molecule has 0 saturated heterocycles. The van der Waals surface area contributed by atoms with E-state index in [9.17, 15) is 9.59 Å². The Morgan fingerprint density at radius 1 is 1.50 bits per heavy atom. The molecular weight excluding hydrogens is 234 g/mol. The molecular formula is C10H10ClNO4. The van der Waals surface area contributed by atoms with Gasteiger partial charge in [0.15, 0.2) is 11.0 Å². The van der Waals surface area contributed by atoms with Gasteiger partial charge in [-0.3, -0.25) is 9.59 Å². The van der Waals surface area contributed by atoms with Crippen molar-refractivity contribution in [2.45, 2.75) is 18.9 Å². The van der Waals surface area contributed by atoms with E-state index < -0.39 is 11.9 Å². The van der Waals surface area contributed by atoms with Crippen LogP contribution >= 0.6 is 11.6 Å². The summed E-state index contributed by atoms with van der Waals surface area (Å²) in [7, 11) is 0. The zero-order valence-electron chi connectivity index (χ0n) is 8.35. The second kappa shape index (κ2) is 4.17. The number of carboxylic acid groups (broad SMARTS) is 1. The van der Waals surface area contributed by atoms with Gasteiger partial charge in [0.25, 0.3) is 5.91 Å². The SMILES string of the molecule is O=C(O)CN(C(=O)c1ccc(Cl)o1)C1CC1. The second-order valence-electron chi connectivity index (χ2n) is 3.66. The lowest BCUT2D eigenvalue weighted by Gasteiger charge is -2.18. The van der Waals surface area contributed by atoms with E-state index in [-0.39, 0.29) is 23.6 Å². The number of hydrogen-bond acceptors (Lipinski definition) is 3. The molecule has 86 valence electrons. The summed E-state index contributed by atoms with van der Waals surface area (Å²) in [5, 5.41) is 8.83. The van der Waals surface area contributed by atoms with E-state index in [1.807, 2.05) is 0 Å². The number of halogens is 1. The molecule has 1 amide bonds. The minimum atomic E-state index is -1.03. The molecule has 0 atom stereocenters. The Bertz CT molecular complexity index is 424. The molecule has 2 rings (SSSR count). The summed E-state index contributed by atoms with van der Waals surface area (Å²) in [6.07, 6.45) is 1.68. The van der Waals surface area contributed by atoms with Gasteiger partial charge in [-0.2, -0.15) is 0 Å². The molecule has 1 aromatic heterocycles. The van der Waals surface area contributed by atoms with Crippen molar-refractivity contribution in [3.05, 3.63) is 23.1 Å². The minimum absolute atomic E-state index is 0.0208. The van der Waals surface area contributed by atoms with Crippen LogP contribution in [0.25, 0.3) is 0 Å². The standard InChI is InChI=1S/C10H10ClNO4/c11-8-4-3-7(16-8)10(15)12(5-9(13)14)6-1-2-6/h3-4,6H,1-2,5H2,(H,13,14). The molecule has 1 N–H and O–H groups in total. The summed E-state index contributed by atoms with van der Waals surface area (Å²) in [6, 6.07) is 2.93. The van der Waals surface area contributed by atoms with E-state index in [2.05, 4.69) is 0 Å². The summed E-state index contributed by atoms with van der Waals surface area (Å²) in [4.78, 5) is 23.8. The average molecular weight is 244 g/mol. The lowest BCUT2D eigenvalue weighted by atomic mass is 10.3. The molecule has 0 bridgehead atoms. The molecule has 0 aliphatic heterocycles. The minimum Gasteiger partial charge on any atom is -0.480 e. The third kappa shape index (κ3) is 2.36. The van der Waals surface area contributed by atoms with Crippen LogP contribution < -0.4 is 0 Å². The number of amides is 1. The lowest BCUT2D eigenvalue weighted by Crippen LogP contribution is -2.37. The third-order valence-corrected chi connectivity index (χ3v) is 2.54. The summed E-state index contributed by atoms with van der Waals surface area (Å²) in [5.41, 5.74) is 0. The van der Waals surface area contributed by atoms with Crippen LogP contribution in [0.15, 0.2) is 16.5 Å². The predicted octanol–water partition coefficient (Wildman–Crippen LogP) is 1.62. The Hall–Kier alpha value is -1.49. The number of carbonyl (C=O) groups excluding carboxylic acids is 1. The molecule has 16 heavy (non-hydrogen) atoms. The van der Waals surface area contributed by atoms with Crippen LogP contribution in [0.3, 0.4) is 0 Å². The molecule has 1 fully saturated rings. The van der Waals surface area contributed by atoms with Crippen molar-refractivity contribution in [3.63, 3.8) is 0 Å². The molecule has 0 radical (unpaired) electrons. The molecule has 5 nitrogen and oxygen atoms in total. The van der Waals surface area contributed by atoms with Crippen LogP contribution in [0, 0.1) is 0 Å². The summed E-state index contributed by atoms with van der Waals surface area (Å²) in [5.74, 6) is -1.37. The fourth-order valence-electron chi connectivity index (χ4n) is 1.47. The number of rotatable bonds is 4. The molecule has 0 spiro atoms. The second-order valence-corrected chi connectivity index (χ2v) is 4.03. The maximum atomic E-state index is 11.9. The maximum absolute atomic E-state index is 11.9. The van der Waals surface area contributed by atoms with Crippen LogP contribution in [0.1, 0.15) is 23.4 Å². The number of carbonyl (C=O) groups is 2. The Balaban J connectivity index is 2.13. The van der Waals surface area contributed by atoms with Crippen LogP contribution in [-0.2, 0) is 4.79 Å². The molecule has 0 aromatic carbocycles. The van der Waals surface area contributed by atoms with Gasteiger partial charge in [0.1, 0.15) is 6.54 Å². The van der Waals surface area contributed by atoms with Gasteiger partial charge in [-0.05, 0) is 36.6 Å². The van der Waals surface area contributed by atoms with Gasteiger partial charge in [0.2, 0.25) is 0 Å². The number of nitrogens with zero attached hydrogens (tertiary/aromatic N) is 1. The monoisotopic (exact) mass is 243 g/mol. The first-order chi connectivity index (χ1) is 7.58. The van der Waals surface area contributed by atoms with Crippen LogP contribution in [0.5, 0.6) is 0 Å². The predicted molar refractivity (Wildman–Crippen MR) is 55.4 cm³/mol. The maximum Gasteiger partial charge on any atom is 0.323 e. The highest BCUT2D eigenvalue weighted by Gasteiger charge is 2.35. The molecule has 1 aliphatic rings. The van der Waals surface area contributed by atoms with E-state index in [1.165, 1.54) is 17.0 Å². The first-order valence-electron chi connectivity index (χ1n) is 4.86. The zero-order valence-corrected chi connectivity index (χ0v) is 9.11. The molecule has 6 heteroatoms. The number of hydrogen-bond donors (Lipinski definition) is 1. The Morgan fingerprint density at radius 2 is 2.19 bits per heavy atom. The molecule has 1 aromatic rings. The fourth-order valence-corrected chi connectivity index (χ4v) is 1.62. The van der Waals surface area contributed by atoms with Gasteiger partial charge in [-0.25, -0.2) is 0 Å². The van der Waals surface area contributed by atoms with Gasteiger partial charge in [0.05, 0.1) is 0 Å². The Labute approximate surface area is 96.6 Å². The molecule has 1 aliphatic carbocycles. The quantitative estimate of drug-likeness (QED) is 0.872. The zero-order chi connectivity index (χ0) is 11.7. The average Bonchev–Trinajstić information content (AvgIpc) is 2.96. The topological polar surface area (TPSA) is 70.8 Å². The highest BCUT2D eigenvalue weighted by Crippen LogP contribution is 2.28. The van der Waals surface area contributed by atoms with Crippen molar-refractivity contribution in [2.75, 3.05) is 6.54 Å². The molecule has 1 saturated carbocycles. The van der Waals surface area contributed by atoms with Crippen molar-refractivity contribution >= 4 is 23.5 Å². The van der Waals surface area contributed by atoms with Crippen molar-refractivity contribution in [1.29, 1.82) is 0 Å². The highest BCUT2D eigenvalue weighted by atomic mass is 35.5. The van der Waals surface area contributed by atoms with Crippen molar-refractivity contribution in [1.82, 2.24) is 4.90 Å². The van der Waals surface area contributed by atoms with E-state index in [1.54, 1.807) is 0 Å². The fraction of sp³-hybridized carbons (Fsp3) is 0.400. The number of aliphatic carboxylic acids is 1. The van der Waals surface area contributed by atoms with Gasteiger partial charge in [0, 0.05) is 6.04 Å². The molecule has 1 heterocycles. The number of furan rings is 1. The van der Waals surface area contributed by atoms with Crippen LogP contribution in [0.4, 0.5) is 0 Å². The first-order valence-corrected chi connectivity index (χ1v) is 5.24. The van der Waals surface area contributed by atoms with Crippen molar-refractivity contribution in [3.8, 4) is 0 Å². The van der Waals surface area contributed by atoms with Crippen molar-refractivity contribution in [2.24, 2.45) is 0 Å². The molecule has 0 unspecified atom stereocenters. The first kappa shape index (κ1) is 11.0. The largest absolute Gasteiger partial charge is 0.480 e. The Morgan fingerprint density at radius 3 is 2.62 bits per heavy atom. The van der Waals surface area contributed by atoms with Crippen molar-refractivity contribution < 1.29 is 19.1 Å². The van der Waals surface area contributed by atoms with Gasteiger partial charge < -0.3 is 14.4 Å². The smallest absolute Gasteiger partial charge is 0.323 e. The number of carboxylic acids is 1. The van der Waals surface area contributed by atoms with Gasteiger partial charge in [-0.1, -0.05) is 0 Å². The van der Waals surface area contributed by atoms with Gasteiger partial charge >= 0.3 is 5.97 Å². The van der Waals surface area contributed by atoms with E-state index in [0.717, 1.165) is 12.8 Å². The van der Waals surface area contributed by atoms with Crippen LogP contribution in [-0.4, -0.2) is 34.5 Å².